The summed E-state index contributed by atoms with van der Waals surface area (Å²) in [5.74, 6) is 0.634. The second kappa shape index (κ2) is 12.9. The highest BCUT2D eigenvalue weighted by molar-refractivity contribution is 5.85. The van der Waals surface area contributed by atoms with Crippen molar-refractivity contribution in [2.24, 2.45) is 11.7 Å². The third kappa shape index (κ3) is 12.6. The molecule has 0 aliphatic rings. The van der Waals surface area contributed by atoms with Crippen molar-refractivity contribution in [1.82, 2.24) is 10.2 Å². The molecule has 0 fully saturated rings. The smallest absolute Gasteiger partial charge is 0.222 e. The van der Waals surface area contributed by atoms with Gasteiger partial charge in [-0.05, 0) is 25.2 Å². The van der Waals surface area contributed by atoms with Crippen LogP contribution >= 0.6 is 12.4 Å². The standard InChI is InChI=1S/C15H31N3O2.ClH/c1-12(2)14(16)9-11-18(4)15(20)8-6-5-7-10-17-13(3)19;/h12,14H,5-11,16H2,1-4H3,(H,17,19);1H. The van der Waals surface area contributed by atoms with Crippen LogP contribution < -0.4 is 11.1 Å². The molecule has 0 radical (unpaired) electrons. The number of amides is 2. The molecule has 0 heterocycles. The van der Waals surface area contributed by atoms with E-state index in [1.54, 1.807) is 4.90 Å². The number of carbonyl (C=O) groups excluding carboxylic acids is 2. The van der Waals surface area contributed by atoms with Gasteiger partial charge >= 0.3 is 0 Å². The first-order valence-corrected chi connectivity index (χ1v) is 7.58. The van der Waals surface area contributed by atoms with E-state index in [0.717, 1.165) is 32.2 Å². The van der Waals surface area contributed by atoms with Crippen LogP contribution in [0.5, 0.6) is 0 Å². The van der Waals surface area contributed by atoms with Crippen molar-refractivity contribution in [1.29, 1.82) is 0 Å². The summed E-state index contributed by atoms with van der Waals surface area (Å²) in [5, 5.41) is 2.75. The Kier molecular flexibility index (Phi) is 13.8. The molecule has 1 unspecified atom stereocenters. The highest BCUT2D eigenvalue weighted by atomic mass is 35.5. The van der Waals surface area contributed by atoms with Gasteiger partial charge in [-0.25, -0.2) is 0 Å². The van der Waals surface area contributed by atoms with Crippen LogP contribution in [-0.4, -0.2) is 42.9 Å². The summed E-state index contributed by atoms with van der Waals surface area (Å²) in [6.07, 6.45) is 4.19. The van der Waals surface area contributed by atoms with E-state index in [4.69, 9.17) is 5.73 Å². The van der Waals surface area contributed by atoms with Gasteiger partial charge in [-0.15, -0.1) is 12.4 Å². The number of nitrogens with zero attached hydrogens (tertiary/aromatic N) is 1. The van der Waals surface area contributed by atoms with Gasteiger partial charge in [0.05, 0.1) is 0 Å². The molecule has 0 aliphatic heterocycles. The van der Waals surface area contributed by atoms with Gasteiger partial charge in [-0.3, -0.25) is 9.59 Å². The molecule has 5 nitrogen and oxygen atoms in total. The predicted molar refractivity (Wildman–Crippen MR) is 89.5 cm³/mol. The van der Waals surface area contributed by atoms with Crippen molar-refractivity contribution in [2.75, 3.05) is 20.1 Å². The van der Waals surface area contributed by atoms with Gasteiger partial charge in [-0.2, -0.15) is 0 Å². The fraction of sp³-hybridized carbons (Fsp3) is 0.867. The maximum atomic E-state index is 11.9. The van der Waals surface area contributed by atoms with Crippen molar-refractivity contribution in [3.63, 3.8) is 0 Å². The number of rotatable bonds is 10. The van der Waals surface area contributed by atoms with Crippen molar-refractivity contribution >= 4 is 24.2 Å². The van der Waals surface area contributed by atoms with E-state index < -0.39 is 0 Å². The van der Waals surface area contributed by atoms with Crippen LogP contribution in [0.4, 0.5) is 0 Å². The average molecular weight is 322 g/mol. The van der Waals surface area contributed by atoms with Gasteiger partial charge in [0.15, 0.2) is 0 Å². The monoisotopic (exact) mass is 321 g/mol. The van der Waals surface area contributed by atoms with Crippen molar-refractivity contribution in [3.8, 4) is 0 Å². The van der Waals surface area contributed by atoms with E-state index in [2.05, 4.69) is 19.2 Å². The summed E-state index contributed by atoms with van der Waals surface area (Å²) in [4.78, 5) is 24.3. The average Bonchev–Trinajstić information content (AvgIpc) is 2.38. The van der Waals surface area contributed by atoms with Crippen LogP contribution in [0.2, 0.25) is 0 Å². The topological polar surface area (TPSA) is 75.4 Å². The molecule has 0 saturated heterocycles. The molecule has 6 heteroatoms. The second-order valence-electron chi connectivity index (χ2n) is 5.81. The molecule has 21 heavy (non-hydrogen) atoms. The van der Waals surface area contributed by atoms with E-state index in [1.165, 1.54) is 6.92 Å². The lowest BCUT2D eigenvalue weighted by Gasteiger charge is -2.21. The van der Waals surface area contributed by atoms with Gasteiger partial charge in [0.25, 0.3) is 0 Å². The predicted octanol–water partition coefficient (Wildman–Crippen LogP) is 1.94. The first-order valence-electron chi connectivity index (χ1n) is 7.58. The molecule has 0 aromatic heterocycles. The molecule has 2 amide bonds. The van der Waals surface area contributed by atoms with E-state index >= 15 is 0 Å². The fourth-order valence-corrected chi connectivity index (χ4v) is 1.83. The Hall–Kier alpha value is -0.810. The molecular formula is C15H32ClN3O2. The lowest BCUT2D eigenvalue weighted by molar-refractivity contribution is -0.130. The molecular weight excluding hydrogens is 290 g/mol. The Morgan fingerprint density at radius 3 is 2.33 bits per heavy atom. The quantitative estimate of drug-likeness (QED) is 0.604. The second-order valence-corrected chi connectivity index (χ2v) is 5.81. The largest absolute Gasteiger partial charge is 0.356 e. The van der Waals surface area contributed by atoms with Crippen LogP contribution in [0.25, 0.3) is 0 Å². The highest BCUT2D eigenvalue weighted by Crippen LogP contribution is 2.06. The number of unbranched alkanes of at least 4 members (excludes halogenated alkanes) is 2. The molecule has 0 aromatic rings. The third-order valence-electron chi connectivity index (χ3n) is 3.52. The molecule has 126 valence electrons. The normalized spacial score (nSPS) is 11.7. The van der Waals surface area contributed by atoms with E-state index in [1.807, 2.05) is 7.05 Å². The number of hydrogen-bond acceptors (Lipinski definition) is 3. The zero-order valence-corrected chi connectivity index (χ0v) is 14.7. The van der Waals surface area contributed by atoms with Crippen molar-refractivity contribution in [2.45, 2.75) is 58.9 Å². The Labute approximate surface area is 135 Å². The molecule has 0 saturated carbocycles. The van der Waals surface area contributed by atoms with E-state index in [-0.39, 0.29) is 30.3 Å². The minimum absolute atomic E-state index is 0. The number of nitrogens with one attached hydrogen (secondary N) is 1. The molecule has 3 N–H and O–H groups in total. The van der Waals surface area contributed by atoms with Crippen LogP contribution in [-0.2, 0) is 9.59 Å². The minimum Gasteiger partial charge on any atom is -0.356 e. The SMILES string of the molecule is CC(=O)NCCCCCC(=O)N(C)CCC(N)C(C)C.Cl. The summed E-state index contributed by atoms with van der Waals surface area (Å²) >= 11 is 0. The number of carbonyl (C=O) groups is 2. The number of halogens is 1. The zero-order valence-electron chi connectivity index (χ0n) is 13.9. The first kappa shape index (κ1) is 22.5. The summed E-state index contributed by atoms with van der Waals surface area (Å²) < 4.78 is 0. The molecule has 0 aliphatic carbocycles. The maximum Gasteiger partial charge on any atom is 0.222 e. The minimum atomic E-state index is 0. The van der Waals surface area contributed by atoms with E-state index in [0.29, 0.717) is 18.9 Å². The first-order chi connectivity index (χ1) is 9.34. The Morgan fingerprint density at radius 1 is 1.19 bits per heavy atom. The number of hydrogen-bond donors (Lipinski definition) is 2. The lowest BCUT2D eigenvalue weighted by atomic mass is 10.0. The van der Waals surface area contributed by atoms with Crippen LogP contribution in [0.3, 0.4) is 0 Å². The molecule has 0 spiro atoms. The maximum absolute atomic E-state index is 11.9. The summed E-state index contributed by atoms with van der Waals surface area (Å²) in [6, 6.07) is 0.155. The van der Waals surface area contributed by atoms with Crippen LogP contribution in [0, 0.1) is 5.92 Å². The van der Waals surface area contributed by atoms with E-state index in [9.17, 15) is 9.59 Å². The van der Waals surface area contributed by atoms with Crippen molar-refractivity contribution in [3.05, 3.63) is 0 Å². The zero-order chi connectivity index (χ0) is 15.5. The molecule has 0 bridgehead atoms. The van der Waals surface area contributed by atoms with Gasteiger partial charge < -0.3 is 16.0 Å². The molecule has 0 aromatic carbocycles. The number of nitrogens with two attached hydrogens (primary N) is 1. The third-order valence-corrected chi connectivity index (χ3v) is 3.52. The Balaban J connectivity index is 0. The molecule has 1 atom stereocenters. The van der Waals surface area contributed by atoms with Gasteiger partial charge in [-0.1, -0.05) is 20.3 Å². The summed E-state index contributed by atoms with van der Waals surface area (Å²) in [5.41, 5.74) is 5.97. The Morgan fingerprint density at radius 2 is 1.81 bits per heavy atom. The highest BCUT2D eigenvalue weighted by Gasteiger charge is 2.12. The van der Waals surface area contributed by atoms with Crippen LogP contribution in [0.1, 0.15) is 52.9 Å². The van der Waals surface area contributed by atoms with Gasteiger partial charge in [0.1, 0.15) is 0 Å². The van der Waals surface area contributed by atoms with Crippen LogP contribution in [0.15, 0.2) is 0 Å². The van der Waals surface area contributed by atoms with Gasteiger partial charge in [0, 0.05) is 39.5 Å². The molecule has 0 rings (SSSR count). The van der Waals surface area contributed by atoms with Crippen molar-refractivity contribution < 1.29 is 9.59 Å². The van der Waals surface area contributed by atoms with Gasteiger partial charge in [0.2, 0.25) is 11.8 Å². The Bertz CT molecular complexity index is 299. The lowest BCUT2D eigenvalue weighted by Crippen LogP contribution is -2.34. The fourth-order valence-electron chi connectivity index (χ4n) is 1.83. The summed E-state index contributed by atoms with van der Waals surface area (Å²) in [7, 11) is 1.84. The summed E-state index contributed by atoms with van der Waals surface area (Å²) in [6.45, 7) is 7.14.